The number of carbonyl (C=O) groups excluding carboxylic acids is 3. The maximum absolute atomic E-state index is 13.9. The standard InChI is InChI=1S/C26H21ClF2N2O5/c1-14-2-3-15(26(36)30-13-18(32)6-9-24(33)34)10-20(14)25(35)19-7-5-17(12-21(19)27)31-23-8-4-16(28)11-22(23)29/h2-5,7-8,10-12,31H,6,9,13H2,1H3,(H,30,36)(H,33,34). The molecule has 0 aliphatic heterocycles. The predicted octanol–water partition coefficient (Wildman–Crippen LogP) is 5.06. The third-order valence-electron chi connectivity index (χ3n) is 5.23. The summed E-state index contributed by atoms with van der Waals surface area (Å²) in [7, 11) is 0. The van der Waals surface area contributed by atoms with Gasteiger partial charge in [-0.05, 0) is 55.0 Å². The van der Waals surface area contributed by atoms with Gasteiger partial charge >= 0.3 is 5.97 Å². The van der Waals surface area contributed by atoms with Crippen LogP contribution in [0.25, 0.3) is 0 Å². The number of rotatable bonds is 10. The molecule has 0 aromatic heterocycles. The second kappa shape index (κ2) is 11.5. The molecule has 0 unspecified atom stereocenters. The lowest BCUT2D eigenvalue weighted by Gasteiger charge is -2.12. The number of carbonyl (C=O) groups is 4. The van der Waals surface area contributed by atoms with E-state index in [2.05, 4.69) is 10.6 Å². The summed E-state index contributed by atoms with van der Waals surface area (Å²) < 4.78 is 27.0. The Bertz CT molecular complexity index is 1360. The van der Waals surface area contributed by atoms with Crippen LogP contribution in [0.2, 0.25) is 5.02 Å². The number of Topliss-reactive ketones (excluding diaryl/α,β-unsaturated/α-hetero) is 1. The number of benzene rings is 3. The van der Waals surface area contributed by atoms with E-state index in [0.717, 1.165) is 12.1 Å². The van der Waals surface area contributed by atoms with Gasteiger partial charge in [-0.1, -0.05) is 17.7 Å². The first-order valence-electron chi connectivity index (χ1n) is 10.7. The van der Waals surface area contributed by atoms with E-state index in [1.807, 2.05) is 0 Å². The van der Waals surface area contributed by atoms with Gasteiger partial charge in [0.15, 0.2) is 11.6 Å². The number of amides is 1. The number of ketones is 2. The lowest BCUT2D eigenvalue weighted by molar-refractivity contribution is -0.138. The fraction of sp³-hybridized carbons (Fsp3) is 0.154. The first kappa shape index (κ1) is 26.5. The Kier molecular flexibility index (Phi) is 8.50. The molecule has 0 heterocycles. The van der Waals surface area contributed by atoms with Crippen molar-refractivity contribution in [2.45, 2.75) is 19.8 Å². The number of nitrogens with one attached hydrogen (secondary N) is 2. The highest BCUT2D eigenvalue weighted by Crippen LogP contribution is 2.28. The van der Waals surface area contributed by atoms with Gasteiger partial charge in [0.25, 0.3) is 5.91 Å². The summed E-state index contributed by atoms with van der Waals surface area (Å²) in [6.45, 7) is 1.35. The largest absolute Gasteiger partial charge is 0.481 e. The molecule has 0 bridgehead atoms. The molecule has 1 amide bonds. The molecule has 10 heteroatoms. The molecule has 7 nitrogen and oxygen atoms in total. The predicted molar refractivity (Wildman–Crippen MR) is 130 cm³/mol. The van der Waals surface area contributed by atoms with Gasteiger partial charge in [-0.2, -0.15) is 0 Å². The van der Waals surface area contributed by atoms with E-state index in [1.165, 1.54) is 36.4 Å². The third-order valence-corrected chi connectivity index (χ3v) is 5.54. The lowest BCUT2D eigenvalue weighted by Crippen LogP contribution is -2.29. The first-order valence-corrected chi connectivity index (χ1v) is 11.1. The van der Waals surface area contributed by atoms with E-state index >= 15 is 0 Å². The zero-order valence-electron chi connectivity index (χ0n) is 19.0. The monoisotopic (exact) mass is 514 g/mol. The molecule has 3 aromatic carbocycles. The van der Waals surface area contributed by atoms with Gasteiger partial charge in [0.05, 0.1) is 23.7 Å². The molecule has 0 saturated carbocycles. The van der Waals surface area contributed by atoms with Crippen molar-refractivity contribution in [2.75, 3.05) is 11.9 Å². The topological polar surface area (TPSA) is 113 Å². The Morgan fingerprint density at radius 2 is 1.67 bits per heavy atom. The van der Waals surface area contributed by atoms with Crippen molar-refractivity contribution >= 4 is 46.4 Å². The fourth-order valence-corrected chi connectivity index (χ4v) is 3.56. The van der Waals surface area contributed by atoms with Crippen LogP contribution >= 0.6 is 11.6 Å². The van der Waals surface area contributed by atoms with Crippen LogP contribution in [-0.2, 0) is 9.59 Å². The maximum Gasteiger partial charge on any atom is 0.303 e. The van der Waals surface area contributed by atoms with Crippen LogP contribution < -0.4 is 10.6 Å². The zero-order chi connectivity index (χ0) is 26.4. The number of aliphatic carboxylic acids is 1. The van der Waals surface area contributed by atoms with Crippen LogP contribution in [0.15, 0.2) is 54.6 Å². The summed E-state index contributed by atoms with van der Waals surface area (Å²) >= 11 is 6.32. The molecule has 0 aliphatic carbocycles. The van der Waals surface area contributed by atoms with Crippen LogP contribution in [0.5, 0.6) is 0 Å². The van der Waals surface area contributed by atoms with Gasteiger partial charge < -0.3 is 15.7 Å². The second-order valence-electron chi connectivity index (χ2n) is 7.92. The molecule has 3 aromatic rings. The van der Waals surface area contributed by atoms with E-state index in [0.29, 0.717) is 11.3 Å². The van der Waals surface area contributed by atoms with E-state index in [4.69, 9.17) is 16.7 Å². The van der Waals surface area contributed by atoms with Crippen LogP contribution in [-0.4, -0.2) is 35.1 Å². The van der Waals surface area contributed by atoms with E-state index in [-0.39, 0.29) is 46.8 Å². The molecule has 3 rings (SSSR count). The minimum Gasteiger partial charge on any atom is -0.481 e. The van der Waals surface area contributed by atoms with Gasteiger partial charge in [0.1, 0.15) is 11.6 Å². The Hall–Kier alpha value is -4.11. The van der Waals surface area contributed by atoms with Crippen LogP contribution in [0.4, 0.5) is 20.2 Å². The van der Waals surface area contributed by atoms with Crippen molar-refractivity contribution in [3.63, 3.8) is 0 Å². The van der Waals surface area contributed by atoms with Crippen molar-refractivity contribution in [3.8, 4) is 0 Å². The minimum absolute atomic E-state index is 0.0301. The average molecular weight is 515 g/mol. The molecule has 36 heavy (non-hydrogen) atoms. The van der Waals surface area contributed by atoms with Gasteiger partial charge in [-0.3, -0.25) is 19.2 Å². The van der Waals surface area contributed by atoms with Gasteiger partial charge in [-0.15, -0.1) is 0 Å². The molecule has 3 N–H and O–H groups in total. The van der Waals surface area contributed by atoms with Crippen LogP contribution in [0, 0.1) is 18.6 Å². The molecular formula is C26H21ClF2N2O5. The number of carboxylic acids is 1. The summed E-state index contributed by atoms with van der Waals surface area (Å²) in [5.74, 6) is -4.10. The third kappa shape index (κ3) is 6.73. The van der Waals surface area contributed by atoms with Crippen LogP contribution in [0.3, 0.4) is 0 Å². The zero-order valence-corrected chi connectivity index (χ0v) is 19.8. The molecule has 0 fully saturated rings. The summed E-state index contributed by atoms with van der Waals surface area (Å²) in [5.41, 5.74) is 1.48. The fourth-order valence-electron chi connectivity index (χ4n) is 3.29. The summed E-state index contributed by atoms with van der Waals surface area (Å²) in [4.78, 5) is 47.9. The van der Waals surface area contributed by atoms with Crippen LogP contribution in [0.1, 0.15) is 44.7 Å². The van der Waals surface area contributed by atoms with Crippen molar-refractivity contribution in [3.05, 3.63) is 93.5 Å². The molecule has 0 spiro atoms. The molecule has 0 saturated heterocycles. The summed E-state index contributed by atoms with van der Waals surface area (Å²) in [5, 5.41) is 13.9. The van der Waals surface area contributed by atoms with Gasteiger partial charge in [0, 0.05) is 34.9 Å². The van der Waals surface area contributed by atoms with E-state index < -0.39 is 35.1 Å². The first-order chi connectivity index (χ1) is 17.0. The number of aryl methyl sites for hydroxylation is 1. The average Bonchev–Trinajstić information content (AvgIpc) is 2.83. The number of anilines is 2. The normalized spacial score (nSPS) is 10.6. The number of hydrogen-bond donors (Lipinski definition) is 3. The van der Waals surface area contributed by atoms with Crippen molar-refractivity contribution in [1.82, 2.24) is 5.32 Å². The van der Waals surface area contributed by atoms with Crippen molar-refractivity contribution in [2.24, 2.45) is 0 Å². The Morgan fingerprint density at radius 1 is 0.917 bits per heavy atom. The number of halogens is 3. The van der Waals surface area contributed by atoms with Gasteiger partial charge in [0.2, 0.25) is 0 Å². The minimum atomic E-state index is -1.11. The molecule has 0 atom stereocenters. The smallest absolute Gasteiger partial charge is 0.303 e. The molecule has 186 valence electrons. The highest BCUT2D eigenvalue weighted by molar-refractivity contribution is 6.35. The highest BCUT2D eigenvalue weighted by atomic mass is 35.5. The molecule has 0 aliphatic rings. The number of hydrogen-bond acceptors (Lipinski definition) is 5. The van der Waals surface area contributed by atoms with Gasteiger partial charge in [-0.25, -0.2) is 8.78 Å². The maximum atomic E-state index is 13.9. The quantitative estimate of drug-likeness (QED) is 0.326. The number of carboxylic acid groups (broad SMARTS) is 1. The lowest BCUT2D eigenvalue weighted by atomic mass is 9.96. The van der Waals surface area contributed by atoms with E-state index in [9.17, 15) is 28.0 Å². The highest BCUT2D eigenvalue weighted by Gasteiger charge is 2.18. The van der Waals surface area contributed by atoms with Crippen molar-refractivity contribution in [1.29, 1.82) is 0 Å². The summed E-state index contributed by atoms with van der Waals surface area (Å²) in [6.07, 6.45) is -0.532. The SMILES string of the molecule is Cc1ccc(C(=O)NCC(=O)CCC(=O)O)cc1C(=O)c1ccc(Nc2ccc(F)cc2F)cc1Cl. The summed E-state index contributed by atoms with van der Waals surface area (Å²) in [6, 6.07) is 11.9. The molecule has 0 radical (unpaired) electrons. The Morgan fingerprint density at radius 3 is 2.33 bits per heavy atom. The Labute approximate surface area is 210 Å². The Balaban J connectivity index is 1.75. The van der Waals surface area contributed by atoms with E-state index in [1.54, 1.807) is 13.0 Å². The van der Waals surface area contributed by atoms with Crippen molar-refractivity contribution < 1.29 is 33.1 Å². The molecular weight excluding hydrogens is 494 g/mol. The second-order valence-corrected chi connectivity index (χ2v) is 8.32.